The van der Waals surface area contributed by atoms with Crippen LogP contribution in [0, 0.1) is 0 Å². The zero-order valence-corrected chi connectivity index (χ0v) is 11.8. The summed E-state index contributed by atoms with van der Waals surface area (Å²) in [6.45, 7) is 2.45. The number of amides is 1. The maximum atomic E-state index is 12.1. The van der Waals surface area contributed by atoms with Crippen LogP contribution in [0.2, 0.25) is 0 Å². The topological polar surface area (TPSA) is 104 Å². The van der Waals surface area contributed by atoms with Crippen molar-refractivity contribution in [2.75, 3.05) is 6.54 Å². The zero-order chi connectivity index (χ0) is 15.6. The summed E-state index contributed by atoms with van der Waals surface area (Å²) < 4.78 is 1.69. The Balaban J connectivity index is 2.11. The molecule has 0 radical (unpaired) electrons. The largest absolute Gasteiger partial charge is 0.479 e. The standard InChI is InChI=1S/C14H17N3O4/c1-9(12(18)15-7-14(2,21)13(19)20)17-8-16-10-5-3-4-6-11(10)17/h3-6,8-9,21H,7H2,1-2H3,(H,15,18)(H,19,20). The van der Waals surface area contributed by atoms with E-state index in [1.807, 2.05) is 24.3 Å². The molecule has 2 unspecified atom stereocenters. The molecule has 21 heavy (non-hydrogen) atoms. The van der Waals surface area contributed by atoms with Crippen LogP contribution in [-0.4, -0.2) is 43.8 Å². The summed E-state index contributed by atoms with van der Waals surface area (Å²) in [5, 5.41) is 20.8. The quantitative estimate of drug-likeness (QED) is 0.746. The first-order chi connectivity index (χ1) is 9.83. The van der Waals surface area contributed by atoms with Gasteiger partial charge in [0.1, 0.15) is 6.04 Å². The molecule has 0 aliphatic heterocycles. The summed E-state index contributed by atoms with van der Waals surface area (Å²) in [5.74, 6) is -1.77. The average Bonchev–Trinajstić information content (AvgIpc) is 2.87. The number of carboxylic acid groups (broad SMARTS) is 1. The van der Waals surface area contributed by atoms with Crippen molar-refractivity contribution < 1.29 is 19.8 Å². The van der Waals surface area contributed by atoms with Crippen molar-refractivity contribution in [3.05, 3.63) is 30.6 Å². The Morgan fingerprint density at radius 2 is 2.10 bits per heavy atom. The molecule has 3 N–H and O–H groups in total. The molecule has 0 saturated carbocycles. The lowest BCUT2D eigenvalue weighted by Gasteiger charge is -2.20. The fourth-order valence-electron chi connectivity index (χ4n) is 1.90. The van der Waals surface area contributed by atoms with Crippen LogP contribution in [0.5, 0.6) is 0 Å². The van der Waals surface area contributed by atoms with Gasteiger partial charge in [0, 0.05) is 0 Å². The van der Waals surface area contributed by atoms with E-state index in [-0.39, 0.29) is 12.5 Å². The van der Waals surface area contributed by atoms with Crippen molar-refractivity contribution in [1.82, 2.24) is 14.9 Å². The summed E-state index contributed by atoms with van der Waals surface area (Å²) in [4.78, 5) is 27.1. The molecule has 7 heteroatoms. The minimum atomic E-state index is -1.99. The molecular formula is C14H17N3O4. The van der Waals surface area contributed by atoms with E-state index in [1.54, 1.807) is 17.8 Å². The lowest BCUT2D eigenvalue weighted by molar-refractivity contribution is -0.156. The smallest absolute Gasteiger partial charge is 0.337 e. The van der Waals surface area contributed by atoms with E-state index in [2.05, 4.69) is 10.3 Å². The summed E-state index contributed by atoms with van der Waals surface area (Å²) in [7, 11) is 0. The lowest BCUT2D eigenvalue weighted by Crippen LogP contribution is -2.47. The number of aliphatic hydroxyl groups is 1. The number of nitrogens with one attached hydrogen (secondary N) is 1. The number of fused-ring (bicyclic) bond motifs is 1. The number of carboxylic acids is 1. The number of rotatable bonds is 5. The van der Waals surface area contributed by atoms with Gasteiger partial charge >= 0.3 is 5.97 Å². The Labute approximate surface area is 121 Å². The molecule has 0 aliphatic rings. The van der Waals surface area contributed by atoms with Crippen molar-refractivity contribution in [2.24, 2.45) is 0 Å². The van der Waals surface area contributed by atoms with Gasteiger partial charge in [-0.25, -0.2) is 9.78 Å². The third-order valence-electron chi connectivity index (χ3n) is 3.35. The second-order valence-corrected chi connectivity index (χ2v) is 5.11. The van der Waals surface area contributed by atoms with Crippen LogP contribution in [0.25, 0.3) is 11.0 Å². The van der Waals surface area contributed by atoms with Crippen LogP contribution in [-0.2, 0) is 9.59 Å². The number of hydrogen-bond donors (Lipinski definition) is 3. The Kier molecular flexibility index (Phi) is 3.95. The molecule has 1 heterocycles. The number of carbonyl (C=O) groups is 2. The normalized spacial score (nSPS) is 15.4. The maximum absolute atomic E-state index is 12.1. The van der Waals surface area contributed by atoms with Gasteiger partial charge in [-0.2, -0.15) is 0 Å². The van der Waals surface area contributed by atoms with Gasteiger partial charge in [-0.3, -0.25) is 4.79 Å². The minimum Gasteiger partial charge on any atom is -0.479 e. The molecule has 0 aliphatic carbocycles. The molecule has 0 spiro atoms. The third kappa shape index (κ3) is 3.03. The molecule has 0 saturated heterocycles. The van der Waals surface area contributed by atoms with Gasteiger partial charge in [0.15, 0.2) is 5.60 Å². The highest BCUT2D eigenvalue weighted by atomic mass is 16.4. The van der Waals surface area contributed by atoms with Crippen LogP contribution in [0.4, 0.5) is 0 Å². The monoisotopic (exact) mass is 291 g/mol. The molecule has 1 aromatic carbocycles. The number of para-hydroxylation sites is 2. The molecule has 112 valence electrons. The molecule has 1 aromatic heterocycles. The predicted molar refractivity (Wildman–Crippen MR) is 75.7 cm³/mol. The SMILES string of the molecule is CC(C(=O)NCC(C)(O)C(=O)O)n1cnc2ccccc21. The van der Waals surface area contributed by atoms with E-state index >= 15 is 0 Å². The fraction of sp³-hybridized carbons (Fsp3) is 0.357. The van der Waals surface area contributed by atoms with Crippen LogP contribution in [0.3, 0.4) is 0 Å². The summed E-state index contributed by atoms with van der Waals surface area (Å²) in [6, 6.07) is 6.82. The maximum Gasteiger partial charge on any atom is 0.337 e. The Hall–Kier alpha value is -2.41. The fourth-order valence-corrected chi connectivity index (χ4v) is 1.90. The van der Waals surface area contributed by atoms with Gasteiger partial charge in [0.25, 0.3) is 0 Å². The zero-order valence-electron chi connectivity index (χ0n) is 11.8. The number of aromatic nitrogens is 2. The predicted octanol–water partition coefficient (Wildman–Crippen LogP) is 0.549. The third-order valence-corrected chi connectivity index (χ3v) is 3.35. The second-order valence-electron chi connectivity index (χ2n) is 5.11. The van der Waals surface area contributed by atoms with Gasteiger partial charge in [-0.15, -0.1) is 0 Å². The van der Waals surface area contributed by atoms with Crippen LogP contribution >= 0.6 is 0 Å². The van der Waals surface area contributed by atoms with Crippen LogP contribution < -0.4 is 5.32 Å². The second kappa shape index (κ2) is 5.53. The number of nitrogens with zero attached hydrogens (tertiary/aromatic N) is 2. The number of benzene rings is 1. The highest BCUT2D eigenvalue weighted by Crippen LogP contribution is 2.17. The summed E-state index contributed by atoms with van der Waals surface area (Å²) in [6.07, 6.45) is 1.56. The van der Waals surface area contributed by atoms with E-state index in [0.717, 1.165) is 18.0 Å². The Bertz CT molecular complexity index is 678. The lowest BCUT2D eigenvalue weighted by atomic mass is 10.1. The minimum absolute atomic E-state index is 0.363. The highest BCUT2D eigenvalue weighted by Gasteiger charge is 2.31. The van der Waals surface area contributed by atoms with E-state index < -0.39 is 17.6 Å². The van der Waals surface area contributed by atoms with Gasteiger partial charge < -0.3 is 20.1 Å². The van der Waals surface area contributed by atoms with Crippen molar-refractivity contribution in [3.63, 3.8) is 0 Å². The van der Waals surface area contributed by atoms with Crippen LogP contribution in [0.1, 0.15) is 19.9 Å². The molecule has 2 atom stereocenters. The summed E-state index contributed by atoms with van der Waals surface area (Å²) in [5.41, 5.74) is -0.410. The highest BCUT2D eigenvalue weighted by molar-refractivity contribution is 5.84. The molecule has 0 fully saturated rings. The molecular weight excluding hydrogens is 274 g/mol. The van der Waals surface area contributed by atoms with Crippen molar-refractivity contribution in [1.29, 1.82) is 0 Å². The summed E-state index contributed by atoms with van der Waals surface area (Å²) >= 11 is 0. The van der Waals surface area contributed by atoms with Crippen molar-refractivity contribution >= 4 is 22.9 Å². The Morgan fingerprint density at radius 3 is 2.76 bits per heavy atom. The van der Waals surface area contributed by atoms with Gasteiger partial charge in [-0.1, -0.05) is 12.1 Å². The van der Waals surface area contributed by atoms with Gasteiger partial charge in [0.2, 0.25) is 5.91 Å². The number of hydrogen-bond acceptors (Lipinski definition) is 4. The molecule has 1 amide bonds. The molecule has 2 rings (SSSR count). The first kappa shape index (κ1) is 15.0. The van der Waals surface area contributed by atoms with Gasteiger partial charge in [-0.05, 0) is 26.0 Å². The average molecular weight is 291 g/mol. The number of imidazole rings is 1. The van der Waals surface area contributed by atoms with E-state index in [1.165, 1.54) is 0 Å². The van der Waals surface area contributed by atoms with Crippen molar-refractivity contribution in [3.8, 4) is 0 Å². The van der Waals surface area contributed by atoms with E-state index in [4.69, 9.17) is 5.11 Å². The van der Waals surface area contributed by atoms with E-state index in [0.29, 0.717) is 0 Å². The molecule has 7 nitrogen and oxygen atoms in total. The number of aliphatic carboxylic acids is 1. The van der Waals surface area contributed by atoms with Crippen molar-refractivity contribution in [2.45, 2.75) is 25.5 Å². The van der Waals surface area contributed by atoms with E-state index in [9.17, 15) is 14.7 Å². The first-order valence-corrected chi connectivity index (χ1v) is 6.48. The number of carbonyl (C=O) groups excluding carboxylic acids is 1. The first-order valence-electron chi connectivity index (χ1n) is 6.48. The van der Waals surface area contributed by atoms with Crippen LogP contribution in [0.15, 0.2) is 30.6 Å². The Morgan fingerprint density at radius 1 is 1.43 bits per heavy atom. The molecule has 2 aromatic rings. The molecule has 0 bridgehead atoms. The van der Waals surface area contributed by atoms with Gasteiger partial charge in [0.05, 0.1) is 23.9 Å².